The number of nitrogens with two attached hydrogens (primary N) is 1. The Balaban J connectivity index is 2.04. The molecule has 1 heterocycles. The molecule has 0 spiro atoms. The zero-order valence-corrected chi connectivity index (χ0v) is 10.4. The predicted molar refractivity (Wildman–Crippen MR) is 66.3 cm³/mol. The van der Waals surface area contributed by atoms with Gasteiger partial charge in [-0.05, 0) is 18.9 Å². The van der Waals surface area contributed by atoms with E-state index in [1.165, 1.54) is 0 Å². The van der Waals surface area contributed by atoms with Gasteiger partial charge in [-0.25, -0.2) is 4.39 Å². The summed E-state index contributed by atoms with van der Waals surface area (Å²) in [5, 5.41) is 0. The second-order valence-electron chi connectivity index (χ2n) is 5.17. The monoisotopic (exact) mass is 251 g/mol. The van der Waals surface area contributed by atoms with Gasteiger partial charge in [-0.3, -0.25) is 0 Å². The summed E-state index contributed by atoms with van der Waals surface area (Å²) in [5.74, 6) is 0.399. The van der Waals surface area contributed by atoms with Crippen molar-refractivity contribution in [2.45, 2.75) is 37.6 Å². The highest BCUT2D eigenvalue weighted by molar-refractivity contribution is 5.47. The van der Waals surface area contributed by atoms with E-state index >= 15 is 0 Å². The Morgan fingerprint density at radius 1 is 1.06 bits per heavy atom. The molecule has 1 saturated carbocycles. The second-order valence-corrected chi connectivity index (χ2v) is 5.17. The van der Waals surface area contributed by atoms with E-state index in [0.717, 1.165) is 32.1 Å². The Hall–Kier alpha value is -1.29. The van der Waals surface area contributed by atoms with E-state index in [9.17, 15) is 4.39 Å². The molecule has 1 fully saturated rings. The van der Waals surface area contributed by atoms with E-state index in [0.29, 0.717) is 24.5 Å². The molecule has 1 aromatic rings. The number of ether oxygens (including phenoxy) is 2. The number of fused-ring (bicyclic) bond motifs is 1. The summed E-state index contributed by atoms with van der Waals surface area (Å²) in [4.78, 5) is 0. The van der Waals surface area contributed by atoms with Gasteiger partial charge in [0.1, 0.15) is 0 Å². The molecular weight excluding hydrogens is 233 g/mol. The van der Waals surface area contributed by atoms with Crippen molar-refractivity contribution < 1.29 is 13.9 Å². The van der Waals surface area contributed by atoms with Crippen LogP contribution in [0, 0.1) is 5.82 Å². The van der Waals surface area contributed by atoms with Crippen LogP contribution in [0.1, 0.15) is 37.7 Å². The Kier molecular flexibility index (Phi) is 2.90. The van der Waals surface area contributed by atoms with Crippen molar-refractivity contribution in [1.82, 2.24) is 0 Å². The molecule has 1 aliphatic carbocycles. The summed E-state index contributed by atoms with van der Waals surface area (Å²) in [7, 11) is 0. The first kappa shape index (κ1) is 11.8. The van der Waals surface area contributed by atoms with Gasteiger partial charge in [-0.2, -0.15) is 0 Å². The lowest BCUT2D eigenvalue weighted by Gasteiger charge is -2.25. The average Bonchev–Trinajstić information content (AvgIpc) is 2.65. The van der Waals surface area contributed by atoms with Gasteiger partial charge >= 0.3 is 0 Å². The van der Waals surface area contributed by atoms with Crippen molar-refractivity contribution in [3.05, 3.63) is 23.5 Å². The van der Waals surface area contributed by atoms with Crippen LogP contribution in [0.2, 0.25) is 0 Å². The van der Waals surface area contributed by atoms with Gasteiger partial charge in [0, 0.05) is 17.5 Å². The Morgan fingerprint density at radius 3 is 2.56 bits per heavy atom. The predicted octanol–water partition coefficient (Wildman–Crippen LogP) is 2.72. The highest BCUT2D eigenvalue weighted by atomic mass is 19.1. The molecule has 1 aromatic carbocycles. The molecular formula is C14H18FNO2. The molecule has 0 unspecified atom stereocenters. The number of rotatable bonds is 1. The summed E-state index contributed by atoms with van der Waals surface area (Å²) < 4.78 is 25.5. The average molecular weight is 251 g/mol. The van der Waals surface area contributed by atoms with Crippen LogP contribution in [-0.2, 0) is 5.54 Å². The van der Waals surface area contributed by atoms with Crippen LogP contribution in [0.3, 0.4) is 0 Å². The number of benzene rings is 1. The first-order valence-corrected chi connectivity index (χ1v) is 6.58. The minimum absolute atomic E-state index is 0.238. The van der Waals surface area contributed by atoms with Crippen LogP contribution in [-0.4, -0.2) is 13.2 Å². The van der Waals surface area contributed by atoms with E-state index in [-0.39, 0.29) is 11.6 Å². The lowest BCUT2D eigenvalue weighted by molar-refractivity contribution is 0.290. The summed E-state index contributed by atoms with van der Waals surface area (Å²) in [6.07, 6.45) is 4.57. The summed E-state index contributed by atoms with van der Waals surface area (Å²) in [6, 6.07) is 3.54. The van der Waals surface area contributed by atoms with Gasteiger partial charge < -0.3 is 15.2 Å². The lowest BCUT2D eigenvalue weighted by Crippen LogP contribution is -2.34. The maximum Gasteiger partial charge on any atom is 0.197 e. The molecule has 0 saturated heterocycles. The van der Waals surface area contributed by atoms with Gasteiger partial charge in [-0.1, -0.05) is 18.9 Å². The molecule has 4 heteroatoms. The fraction of sp³-hybridized carbons (Fsp3) is 0.571. The van der Waals surface area contributed by atoms with Gasteiger partial charge in [0.2, 0.25) is 0 Å². The summed E-state index contributed by atoms with van der Waals surface area (Å²) in [6.45, 7) is 1.06. The minimum atomic E-state index is -0.533. The Morgan fingerprint density at radius 2 is 1.78 bits per heavy atom. The van der Waals surface area contributed by atoms with E-state index in [1.54, 1.807) is 12.1 Å². The van der Waals surface area contributed by atoms with Crippen molar-refractivity contribution in [2.75, 3.05) is 13.2 Å². The maximum atomic E-state index is 14.5. The minimum Gasteiger partial charge on any atom is -0.489 e. The lowest BCUT2D eigenvalue weighted by atomic mass is 9.88. The van der Waals surface area contributed by atoms with Crippen molar-refractivity contribution in [1.29, 1.82) is 0 Å². The highest BCUT2D eigenvalue weighted by Gasteiger charge is 2.35. The molecule has 0 aromatic heterocycles. The quantitative estimate of drug-likeness (QED) is 0.834. The first-order chi connectivity index (χ1) is 8.71. The van der Waals surface area contributed by atoms with E-state index in [1.807, 2.05) is 0 Å². The van der Waals surface area contributed by atoms with Crippen LogP contribution >= 0.6 is 0 Å². The molecule has 98 valence electrons. The standard InChI is InChI=1S/C14H18FNO2/c15-12-10(14(16)6-1-2-7-14)4-5-11-13(12)18-9-3-8-17-11/h4-5H,1-3,6-9,16H2. The largest absolute Gasteiger partial charge is 0.489 e. The fourth-order valence-corrected chi connectivity index (χ4v) is 2.86. The van der Waals surface area contributed by atoms with Crippen molar-refractivity contribution in [3.63, 3.8) is 0 Å². The summed E-state index contributed by atoms with van der Waals surface area (Å²) in [5.41, 5.74) is 6.36. The smallest absolute Gasteiger partial charge is 0.197 e. The third kappa shape index (κ3) is 1.85. The van der Waals surface area contributed by atoms with Gasteiger partial charge in [0.15, 0.2) is 17.3 Å². The number of hydrogen-bond donors (Lipinski definition) is 1. The Labute approximate surface area is 106 Å². The molecule has 0 bridgehead atoms. The second kappa shape index (κ2) is 4.43. The van der Waals surface area contributed by atoms with Crippen molar-refractivity contribution >= 4 is 0 Å². The third-order valence-corrected chi connectivity index (χ3v) is 3.89. The van der Waals surface area contributed by atoms with Crippen molar-refractivity contribution in [2.24, 2.45) is 5.73 Å². The third-order valence-electron chi connectivity index (χ3n) is 3.89. The van der Waals surface area contributed by atoms with E-state index < -0.39 is 5.54 Å². The molecule has 0 amide bonds. The molecule has 2 aliphatic rings. The van der Waals surface area contributed by atoms with Gasteiger partial charge in [-0.15, -0.1) is 0 Å². The molecule has 18 heavy (non-hydrogen) atoms. The van der Waals surface area contributed by atoms with Crippen LogP contribution in [0.25, 0.3) is 0 Å². The zero-order valence-electron chi connectivity index (χ0n) is 10.4. The SMILES string of the molecule is NC1(c2ccc3c(c2F)OCCCO3)CCCC1. The molecule has 3 rings (SSSR count). The number of halogens is 1. The van der Waals surface area contributed by atoms with Crippen LogP contribution < -0.4 is 15.2 Å². The first-order valence-electron chi connectivity index (χ1n) is 6.58. The van der Waals surface area contributed by atoms with Crippen LogP contribution in [0.5, 0.6) is 11.5 Å². The number of hydrogen-bond acceptors (Lipinski definition) is 3. The topological polar surface area (TPSA) is 44.5 Å². The highest BCUT2D eigenvalue weighted by Crippen LogP contribution is 2.42. The summed E-state index contributed by atoms with van der Waals surface area (Å²) >= 11 is 0. The zero-order chi connectivity index (χ0) is 12.6. The van der Waals surface area contributed by atoms with Gasteiger partial charge in [0.05, 0.1) is 13.2 Å². The molecule has 2 N–H and O–H groups in total. The van der Waals surface area contributed by atoms with Crippen LogP contribution in [0.4, 0.5) is 4.39 Å². The van der Waals surface area contributed by atoms with Crippen molar-refractivity contribution in [3.8, 4) is 11.5 Å². The normalized spacial score (nSPS) is 21.7. The molecule has 0 atom stereocenters. The van der Waals surface area contributed by atoms with Gasteiger partial charge in [0.25, 0.3) is 0 Å². The van der Waals surface area contributed by atoms with E-state index in [2.05, 4.69) is 0 Å². The molecule has 3 nitrogen and oxygen atoms in total. The molecule has 0 radical (unpaired) electrons. The fourth-order valence-electron chi connectivity index (χ4n) is 2.86. The Bertz CT molecular complexity index is 455. The molecule has 1 aliphatic heterocycles. The van der Waals surface area contributed by atoms with Crippen LogP contribution in [0.15, 0.2) is 12.1 Å². The maximum absolute atomic E-state index is 14.5. The van der Waals surface area contributed by atoms with E-state index in [4.69, 9.17) is 15.2 Å².